The molecule has 0 N–H and O–H groups in total. The van der Waals surface area contributed by atoms with Crippen LogP contribution in [0.4, 0.5) is 4.39 Å². The monoisotopic (exact) mass is 514 g/mol. The zero-order chi connectivity index (χ0) is 24.9. The third kappa shape index (κ3) is 4.55. The van der Waals surface area contributed by atoms with E-state index >= 15 is 0 Å². The molecule has 5 rings (SSSR count). The summed E-state index contributed by atoms with van der Waals surface area (Å²) < 4.78 is 35.9. The summed E-state index contributed by atoms with van der Waals surface area (Å²) in [6.07, 6.45) is 3.25. The van der Waals surface area contributed by atoms with E-state index < -0.39 is 16.8 Å². The Hall–Kier alpha value is -2.55. The molecule has 184 valence electrons. The Balaban J connectivity index is 1.58. The lowest BCUT2D eigenvalue weighted by Crippen LogP contribution is -2.24. The highest BCUT2D eigenvalue weighted by molar-refractivity contribution is 7.81. The first-order valence-corrected chi connectivity index (χ1v) is 13.6. The van der Waals surface area contributed by atoms with Crippen LogP contribution in [0.3, 0.4) is 0 Å². The molecule has 1 saturated heterocycles. The Kier molecular flexibility index (Phi) is 6.55. The van der Waals surface area contributed by atoms with Gasteiger partial charge in [0.15, 0.2) is 0 Å². The molecule has 0 amide bonds. The average Bonchev–Trinajstić information content (AvgIpc) is 3.52. The molecule has 0 spiro atoms. The summed E-state index contributed by atoms with van der Waals surface area (Å²) in [5.41, 5.74) is 5.65. The fourth-order valence-electron chi connectivity index (χ4n) is 5.17. The van der Waals surface area contributed by atoms with Crippen molar-refractivity contribution in [1.29, 1.82) is 0 Å². The highest BCUT2D eigenvalue weighted by Crippen LogP contribution is 2.36. The van der Waals surface area contributed by atoms with Crippen LogP contribution in [-0.2, 0) is 17.4 Å². The zero-order valence-corrected chi connectivity index (χ0v) is 21.8. The number of imidazole rings is 1. The van der Waals surface area contributed by atoms with Crippen molar-refractivity contribution in [2.45, 2.75) is 45.6 Å². The van der Waals surface area contributed by atoms with Gasteiger partial charge in [0.2, 0.25) is 0 Å². The van der Waals surface area contributed by atoms with Gasteiger partial charge in [-0.2, -0.15) is 0 Å². The number of aryl methyl sites for hydroxylation is 2. The van der Waals surface area contributed by atoms with Crippen molar-refractivity contribution in [3.05, 3.63) is 70.1 Å². The van der Waals surface area contributed by atoms with Crippen molar-refractivity contribution in [2.24, 2.45) is 0 Å². The number of fused-ring (bicyclic) bond motifs is 1. The predicted molar refractivity (Wildman–Crippen MR) is 138 cm³/mol. The fraction of sp³-hybridized carbons (Fsp3) is 0.385. The van der Waals surface area contributed by atoms with Crippen LogP contribution in [0.5, 0.6) is 0 Å². The highest BCUT2D eigenvalue weighted by Gasteiger charge is 2.30. The van der Waals surface area contributed by atoms with Crippen molar-refractivity contribution in [3.8, 4) is 11.1 Å². The van der Waals surface area contributed by atoms with E-state index in [4.69, 9.17) is 21.1 Å². The average molecular weight is 515 g/mol. The second-order valence-corrected chi connectivity index (χ2v) is 11.1. The van der Waals surface area contributed by atoms with Gasteiger partial charge in [-0.25, -0.2) is 17.9 Å². The number of rotatable bonds is 6. The molecule has 6 nitrogen and oxygen atoms in total. The van der Waals surface area contributed by atoms with Crippen LogP contribution in [0.2, 0.25) is 5.02 Å². The van der Waals surface area contributed by atoms with Gasteiger partial charge in [-0.05, 0) is 62.1 Å². The lowest BCUT2D eigenvalue weighted by atomic mass is 10.00. The topological polar surface area (TPSA) is 64.2 Å². The van der Waals surface area contributed by atoms with E-state index in [1.165, 1.54) is 6.07 Å². The first kappa shape index (κ1) is 24.2. The predicted octanol–water partition coefficient (Wildman–Crippen LogP) is 5.99. The Morgan fingerprint density at radius 2 is 2.06 bits per heavy atom. The molecule has 3 heterocycles. The Morgan fingerprint density at radius 1 is 1.26 bits per heavy atom. The van der Waals surface area contributed by atoms with E-state index in [9.17, 15) is 8.60 Å². The van der Waals surface area contributed by atoms with Gasteiger partial charge in [0.1, 0.15) is 17.4 Å². The molecule has 2 aromatic carbocycles. The van der Waals surface area contributed by atoms with E-state index in [1.807, 2.05) is 24.2 Å². The minimum absolute atomic E-state index is 0.0339. The lowest BCUT2D eigenvalue weighted by molar-refractivity contribution is 0.393. The molecule has 2 aromatic heterocycles. The molecule has 0 bridgehead atoms. The van der Waals surface area contributed by atoms with Crippen LogP contribution in [0.1, 0.15) is 48.1 Å². The maximum atomic E-state index is 14.1. The number of aromatic nitrogens is 3. The Bertz CT molecular complexity index is 1410. The summed E-state index contributed by atoms with van der Waals surface area (Å²) >= 11 is 5.89. The lowest BCUT2D eigenvalue weighted by Gasteiger charge is -2.21. The highest BCUT2D eigenvalue weighted by atomic mass is 35.5. The number of benzene rings is 2. The van der Waals surface area contributed by atoms with Crippen LogP contribution in [-0.4, -0.2) is 42.6 Å². The van der Waals surface area contributed by atoms with Gasteiger partial charge in [0, 0.05) is 30.8 Å². The van der Waals surface area contributed by atoms with Gasteiger partial charge >= 0.3 is 0 Å². The SMILES string of the molecule is Cc1noc(C)c1-c1ccc2c(c1)nc(C(C)Cc1ccc(Cl)c(F)c1)n2C1CCN(S(C)=O)C1. The normalized spacial score (nSPS) is 18.4. The van der Waals surface area contributed by atoms with E-state index in [0.29, 0.717) is 13.0 Å². The molecule has 3 atom stereocenters. The molecule has 0 radical (unpaired) electrons. The Labute approximate surface area is 211 Å². The number of nitrogens with zero attached hydrogens (tertiary/aromatic N) is 4. The van der Waals surface area contributed by atoms with Crippen LogP contribution >= 0.6 is 11.6 Å². The van der Waals surface area contributed by atoms with Crippen molar-refractivity contribution in [3.63, 3.8) is 0 Å². The largest absolute Gasteiger partial charge is 0.361 e. The van der Waals surface area contributed by atoms with Crippen molar-refractivity contribution in [1.82, 2.24) is 19.0 Å². The summed E-state index contributed by atoms with van der Waals surface area (Å²) in [6.45, 7) is 7.45. The molecule has 0 saturated carbocycles. The maximum absolute atomic E-state index is 14.1. The molecule has 1 fully saturated rings. The second kappa shape index (κ2) is 9.48. The van der Waals surface area contributed by atoms with Gasteiger partial charge < -0.3 is 9.09 Å². The third-order valence-corrected chi connectivity index (χ3v) is 8.23. The van der Waals surface area contributed by atoms with Gasteiger partial charge in [-0.15, -0.1) is 0 Å². The van der Waals surface area contributed by atoms with E-state index in [0.717, 1.165) is 58.0 Å². The van der Waals surface area contributed by atoms with Gasteiger partial charge in [0.25, 0.3) is 0 Å². The van der Waals surface area contributed by atoms with Gasteiger partial charge in [0.05, 0.1) is 38.8 Å². The standard InChI is InChI=1S/C26H28ClFN4O2S/c1-15(11-18-5-7-21(27)22(28)12-18)26-29-23-13-19(25-16(2)30-34-17(25)3)6-8-24(23)32(26)20-9-10-31(14-20)35(4)33/h5-8,12-13,15,20H,9-11,14H2,1-4H3. The Morgan fingerprint density at radius 3 is 2.71 bits per heavy atom. The molecule has 35 heavy (non-hydrogen) atoms. The molecule has 4 aromatic rings. The first-order chi connectivity index (χ1) is 16.7. The summed E-state index contributed by atoms with van der Waals surface area (Å²) in [5.74, 6) is 1.34. The number of halogens is 2. The summed E-state index contributed by atoms with van der Waals surface area (Å²) in [4.78, 5) is 5.09. The first-order valence-electron chi connectivity index (χ1n) is 11.7. The molecule has 1 aliphatic rings. The zero-order valence-electron chi connectivity index (χ0n) is 20.2. The van der Waals surface area contributed by atoms with E-state index in [-0.39, 0.29) is 17.0 Å². The van der Waals surface area contributed by atoms with Crippen LogP contribution in [0.15, 0.2) is 40.9 Å². The molecule has 3 unspecified atom stereocenters. The van der Waals surface area contributed by atoms with Crippen LogP contribution in [0, 0.1) is 19.7 Å². The number of hydrogen-bond donors (Lipinski definition) is 0. The third-order valence-electron chi connectivity index (χ3n) is 6.86. The number of hydrogen-bond acceptors (Lipinski definition) is 4. The minimum Gasteiger partial charge on any atom is -0.361 e. The van der Waals surface area contributed by atoms with Gasteiger partial charge in [-0.1, -0.05) is 35.8 Å². The van der Waals surface area contributed by atoms with Crippen molar-refractivity contribution >= 4 is 33.6 Å². The maximum Gasteiger partial charge on any atom is 0.142 e. The molecular weight excluding hydrogens is 487 g/mol. The molecule has 1 aliphatic heterocycles. The molecule has 9 heteroatoms. The van der Waals surface area contributed by atoms with Gasteiger partial charge in [-0.3, -0.25) is 0 Å². The quantitative estimate of drug-likeness (QED) is 0.317. The van der Waals surface area contributed by atoms with Crippen LogP contribution < -0.4 is 0 Å². The summed E-state index contributed by atoms with van der Waals surface area (Å²) in [5, 5.41) is 4.22. The second-order valence-electron chi connectivity index (χ2n) is 9.35. The van der Waals surface area contributed by atoms with Crippen molar-refractivity contribution < 1.29 is 13.1 Å². The molecule has 0 aliphatic carbocycles. The smallest absolute Gasteiger partial charge is 0.142 e. The minimum atomic E-state index is -1.01. The van der Waals surface area contributed by atoms with E-state index in [1.54, 1.807) is 12.3 Å². The summed E-state index contributed by atoms with van der Waals surface area (Å²) in [7, 11) is -1.01. The van der Waals surface area contributed by atoms with Crippen LogP contribution in [0.25, 0.3) is 22.2 Å². The fourth-order valence-corrected chi connectivity index (χ4v) is 6.03. The van der Waals surface area contributed by atoms with Crippen molar-refractivity contribution in [2.75, 3.05) is 19.3 Å². The molecular formula is C26H28ClFN4O2S. The van der Waals surface area contributed by atoms with E-state index in [2.05, 4.69) is 34.8 Å². The summed E-state index contributed by atoms with van der Waals surface area (Å²) in [6, 6.07) is 11.4.